The first-order valence-corrected chi connectivity index (χ1v) is 10.2. The minimum absolute atomic E-state index is 0.0950. The second kappa shape index (κ2) is 9.66. The highest BCUT2D eigenvalue weighted by atomic mass is 19.4. The van der Waals surface area contributed by atoms with E-state index in [1.54, 1.807) is 52.8 Å². The fraction of sp³-hybridized carbons (Fsp3) is 0.571. The first-order chi connectivity index (χ1) is 14.7. The molecule has 1 aliphatic rings. The monoisotopic (exact) mass is 458 g/mol. The molecule has 0 saturated heterocycles. The number of amidine groups is 1. The number of amides is 2. The maximum absolute atomic E-state index is 12.9. The highest BCUT2D eigenvalue weighted by Gasteiger charge is 2.41. The highest BCUT2D eigenvalue weighted by molar-refractivity contribution is 5.89. The third-order valence-electron chi connectivity index (χ3n) is 4.47. The summed E-state index contributed by atoms with van der Waals surface area (Å²) >= 11 is 0. The molecule has 2 rings (SSSR count). The zero-order valence-corrected chi connectivity index (χ0v) is 18.7. The fourth-order valence-electron chi connectivity index (χ4n) is 2.96. The lowest BCUT2D eigenvalue weighted by molar-refractivity contribution is -0.175. The highest BCUT2D eigenvalue weighted by Crippen LogP contribution is 2.33. The van der Waals surface area contributed by atoms with Crippen LogP contribution in [0.1, 0.15) is 53.0 Å². The number of nitrogens with one attached hydrogen (secondary N) is 1. The number of fused-ring (bicyclic) bond motifs is 1. The van der Waals surface area contributed by atoms with Crippen LogP contribution in [0.15, 0.2) is 23.2 Å². The summed E-state index contributed by atoms with van der Waals surface area (Å²) in [5.41, 5.74) is 5.93. The summed E-state index contributed by atoms with van der Waals surface area (Å²) in [5.74, 6) is -1.36. The number of alkyl halides is 3. The third-order valence-corrected chi connectivity index (χ3v) is 4.47. The van der Waals surface area contributed by atoms with Gasteiger partial charge in [0.15, 0.2) is 6.10 Å². The van der Waals surface area contributed by atoms with Crippen LogP contribution in [0, 0.1) is 0 Å². The lowest BCUT2D eigenvalue weighted by atomic mass is 10.1. The van der Waals surface area contributed by atoms with Crippen molar-refractivity contribution in [2.75, 3.05) is 0 Å². The van der Waals surface area contributed by atoms with Crippen LogP contribution in [0.3, 0.4) is 0 Å². The van der Waals surface area contributed by atoms with Gasteiger partial charge < -0.3 is 20.5 Å². The van der Waals surface area contributed by atoms with Crippen LogP contribution in [-0.4, -0.2) is 46.8 Å². The van der Waals surface area contributed by atoms with E-state index in [2.05, 4.69) is 4.99 Å². The van der Waals surface area contributed by atoms with E-state index in [1.807, 2.05) is 5.32 Å². The van der Waals surface area contributed by atoms with Crippen molar-refractivity contribution in [3.8, 4) is 5.75 Å². The molecule has 178 valence electrons. The molecule has 2 unspecified atom stereocenters. The number of hydrogen-bond acceptors (Lipinski definition) is 6. The topological polar surface area (TPSA) is 106 Å². The third kappa shape index (κ3) is 6.76. The normalized spacial score (nSPS) is 16.9. The van der Waals surface area contributed by atoms with Gasteiger partial charge in [0.1, 0.15) is 29.0 Å². The number of carbonyl (C=O) groups is 2. The minimum atomic E-state index is -5.09. The second-order valence-corrected chi connectivity index (χ2v) is 8.48. The predicted octanol–water partition coefficient (Wildman–Crippen LogP) is 4.00. The lowest BCUT2D eigenvalue weighted by Gasteiger charge is -2.34. The molecular formula is C21H29F3N4O4. The number of aliphatic imine (C=N–C) groups is 1. The average Bonchev–Trinajstić information content (AvgIpc) is 2.64. The van der Waals surface area contributed by atoms with Crippen molar-refractivity contribution in [3.05, 3.63) is 23.8 Å². The predicted molar refractivity (Wildman–Crippen MR) is 112 cm³/mol. The fourth-order valence-corrected chi connectivity index (χ4v) is 2.96. The molecule has 11 heteroatoms. The van der Waals surface area contributed by atoms with Gasteiger partial charge in [-0.15, -0.1) is 0 Å². The Kier molecular flexibility index (Phi) is 7.63. The van der Waals surface area contributed by atoms with E-state index in [1.165, 1.54) is 0 Å². The molecule has 1 aromatic rings. The molecule has 0 aliphatic carbocycles. The van der Waals surface area contributed by atoms with Crippen molar-refractivity contribution in [2.45, 2.75) is 78.1 Å². The number of halogens is 3. The van der Waals surface area contributed by atoms with E-state index in [0.29, 0.717) is 23.4 Å². The smallest absolute Gasteiger partial charge is 0.471 e. The van der Waals surface area contributed by atoms with E-state index in [4.69, 9.17) is 15.2 Å². The summed E-state index contributed by atoms with van der Waals surface area (Å²) in [4.78, 5) is 29.8. The molecule has 1 aromatic carbocycles. The molecule has 2 amide bonds. The Morgan fingerprint density at radius 1 is 1.31 bits per heavy atom. The van der Waals surface area contributed by atoms with Gasteiger partial charge in [0.25, 0.3) is 0 Å². The number of benzene rings is 1. The number of hydrogen-bond donors (Lipinski definition) is 2. The first kappa shape index (κ1) is 25.3. The van der Waals surface area contributed by atoms with Crippen molar-refractivity contribution < 1.29 is 32.2 Å². The molecule has 0 saturated carbocycles. The molecule has 1 heterocycles. The molecular weight excluding hydrogens is 429 g/mol. The van der Waals surface area contributed by atoms with E-state index >= 15 is 0 Å². The number of nitrogens with two attached hydrogens (primary N) is 1. The van der Waals surface area contributed by atoms with E-state index in [-0.39, 0.29) is 18.8 Å². The van der Waals surface area contributed by atoms with Gasteiger partial charge in [0, 0.05) is 0 Å². The molecule has 2 atom stereocenters. The summed E-state index contributed by atoms with van der Waals surface area (Å²) in [6.07, 6.45) is -7.05. The van der Waals surface area contributed by atoms with Crippen molar-refractivity contribution in [1.29, 1.82) is 0 Å². The van der Waals surface area contributed by atoms with Crippen molar-refractivity contribution >= 4 is 23.5 Å². The largest absolute Gasteiger partial charge is 0.481 e. The van der Waals surface area contributed by atoms with E-state index in [0.717, 1.165) is 4.90 Å². The van der Waals surface area contributed by atoms with Gasteiger partial charge in [-0.2, -0.15) is 13.2 Å². The average molecular weight is 458 g/mol. The van der Waals surface area contributed by atoms with Gasteiger partial charge in [0.05, 0.1) is 6.54 Å². The van der Waals surface area contributed by atoms with Gasteiger partial charge >= 0.3 is 18.2 Å². The lowest BCUT2D eigenvalue weighted by Crippen LogP contribution is -2.54. The Hall–Kier alpha value is -2.98. The minimum Gasteiger partial charge on any atom is -0.481 e. The molecule has 3 N–H and O–H groups in total. The van der Waals surface area contributed by atoms with Gasteiger partial charge in [-0.05, 0) is 51.8 Å². The number of rotatable bonds is 6. The van der Waals surface area contributed by atoms with Crippen LogP contribution < -0.4 is 15.8 Å². The second-order valence-electron chi connectivity index (χ2n) is 8.48. The molecule has 0 bridgehead atoms. The maximum Gasteiger partial charge on any atom is 0.471 e. The molecule has 0 radical (unpaired) electrons. The van der Waals surface area contributed by atoms with E-state index < -0.39 is 36.0 Å². The van der Waals surface area contributed by atoms with Crippen LogP contribution in [0.25, 0.3) is 0 Å². The van der Waals surface area contributed by atoms with Crippen molar-refractivity contribution in [3.63, 3.8) is 0 Å². The van der Waals surface area contributed by atoms with Crippen LogP contribution >= 0.6 is 0 Å². The van der Waals surface area contributed by atoms with Gasteiger partial charge in [0.2, 0.25) is 0 Å². The van der Waals surface area contributed by atoms with Gasteiger partial charge in [-0.3, -0.25) is 9.69 Å². The van der Waals surface area contributed by atoms with E-state index in [9.17, 15) is 22.8 Å². The van der Waals surface area contributed by atoms with Crippen molar-refractivity contribution in [1.82, 2.24) is 10.2 Å². The molecule has 1 aliphatic heterocycles. The maximum atomic E-state index is 12.9. The summed E-state index contributed by atoms with van der Waals surface area (Å²) in [5, 5.41) is 1.91. The standard InChI is InChI=1S/C21H29F3N4O4/c1-6-7-16(27-18(29)21(22,23)24)28(19(30)32-20(3,4)5)11-13-8-9-15-14(10-13)26-17(25)12(2)31-15/h8-10,12,16H,6-7,11H2,1-5H3,(H2,25,26)(H,27,29). The van der Waals surface area contributed by atoms with Gasteiger partial charge in [-0.25, -0.2) is 9.79 Å². The Morgan fingerprint density at radius 3 is 2.53 bits per heavy atom. The quantitative estimate of drug-likeness (QED) is 0.627. The number of ether oxygens (including phenoxy) is 2. The SMILES string of the molecule is CCCC(NC(=O)C(F)(F)F)N(Cc1ccc2c(c1)N=C(N)C(C)O2)C(=O)OC(C)(C)C. The van der Waals surface area contributed by atoms with Crippen LogP contribution in [0.5, 0.6) is 5.75 Å². The van der Waals surface area contributed by atoms with Crippen LogP contribution in [-0.2, 0) is 16.1 Å². The Labute approximate surface area is 184 Å². The number of carbonyl (C=O) groups excluding carboxylic acids is 2. The first-order valence-electron chi connectivity index (χ1n) is 10.2. The zero-order valence-electron chi connectivity index (χ0n) is 18.7. The van der Waals surface area contributed by atoms with Gasteiger partial charge in [-0.1, -0.05) is 19.4 Å². The Balaban J connectivity index is 2.37. The Bertz CT molecular complexity index is 881. The zero-order chi connectivity index (χ0) is 24.3. The van der Waals surface area contributed by atoms with Crippen LogP contribution in [0.4, 0.5) is 23.7 Å². The summed E-state index contributed by atoms with van der Waals surface area (Å²) in [6.45, 7) is 8.27. The molecule has 0 aromatic heterocycles. The molecule has 32 heavy (non-hydrogen) atoms. The molecule has 0 fully saturated rings. The van der Waals surface area contributed by atoms with Crippen LogP contribution in [0.2, 0.25) is 0 Å². The van der Waals surface area contributed by atoms with Crippen molar-refractivity contribution in [2.24, 2.45) is 10.7 Å². The summed E-state index contributed by atoms with van der Waals surface area (Å²) in [6, 6.07) is 4.93. The Morgan fingerprint density at radius 2 is 1.97 bits per heavy atom. The number of nitrogens with zero attached hydrogens (tertiary/aromatic N) is 2. The summed E-state index contributed by atoms with van der Waals surface area (Å²) in [7, 11) is 0. The summed E-state index contributed by atoms with van der Waals surface area (Å²) < 4.78 is 49.7. The molecule has 0 spiro atoms. The molecule has 8 nitrogen and oxygen atoms in total.